The third kappa shape index (κ3) is 6.65. The lowest BCUT2D eigenvalue weighted by molar-refractivity contribution is -0.159. The molecule has 5 aromatic rings. The molecule has 5 heterocycles. The van der Waals surface area contributed by atoms with Crippen molar-refractivity contribution in [2.24, 2.45) is 5.41 Å². The summed E-state index contributed by atoms with van der Waals surface area (Å²) in [7, 11) is 4.86. The molecule has 0 bridgehead atoms. The zero-order valence-corrected chi connectivity index (χ0v) is 30.3. The molecule has 3 N–H and O–H groups in total. The van der Waals surface area contributed by atoms with E-state index in [1.165, 1.54) is 0 Å². The predicted octanol–water partition coefficient (Wildman–Crippen LogP) is 5.71. The fraction of sp³-hybridized carbons (Fsp3) is 0.333. The molecule has 12 nitrogen and oxygen atoms in total. The van der Waals surface area contributed by atoms with Crippen molar-refractivity contribution in [1.29, 1.82) is 0 Å². The Morgan fingerprint density at radius 2 is 1.79 bits per heavy atom. The topological polar surface area (TPSA) is 140 Å². The molecule has 0 spiro atoms. The molecule has 13 heteroatoms. The number of amides is 1. The number of carbonyl (C=O) groups excluding carboxylic acids is 1. The number of aromatic nitrogens is 3. The number of rotatable bonds is 13. The summed E-state index contributed by atoms with van der Waals surface area (Å²) >= 11 is 7.17. The summed E-state index contributed by atoms with van der Waals surface area (Å²) in [6.45, 7) is 4.40. The lowest BCUT2D eigenvalue weighted by Crippen LogP contribution is -2.58. The van der Waals surface area contributed by atoms with Crippen LogP contribution in [0, 0.1) is 5.41 Å². The van der Waals surface area contributed by atoms with E-state index in [1.54, 1.807) is 34.4 Å². The van der Waals surface area contributed by atoms with Crippen molar-refractivity contribution in [1.82, 2.24) is 30.1 Å². The summed E-state index contributed by atoms with van der Waals surface area (Å²) in [4.78, 5) is 34.8. The van der Waals surface area contributed by atoms with Crippen LogP contribution in [-0.4, -0.2) is 83.4 Å². The van der Waals surface area contributed by atoms with Gasteiger partial charge in [0.1, 0.15) is 17.1 Å². The van der Waals surface area contributed by atoms with Crippen LogP contribution in [0.2, 0.25) is 5.02 Å². The van der Waals surface area contributed by atoms with Gasteiger partial charge in [-0.3, -0.25) is 14.5 Å². The molecule has 2 aromatic carbocycles. The van der Waals surface area contributed by atoms with Gasteiger partial charge >= 0.3 is 5.97 Å². The maximum Gasteiger partial charge on any atom is 0.311 e. The second kappa shape index (κ2) is 14.5. The number of benzene rings is 2. The first-order valence-electron chi connectivity index (χ1n) is 17.1. The highest BCUT2D eigenvalue weighted by molar-refractivity contribution is 6.36. The van der Waals surface area contributed by atoms with Crippen LogP contribution >= 0.6 is 11.6 Å². The van der Waals surface area contributed by atoms with Crippen molar-refractivity contribution in [3.05, 3.63) is 83.1 Å². The molecular formula is C39H41ClN6O6. The highest BCUT2D eigenvalue weighted by atomic mass is 35.5. The Hall–Kier alpha value is -5.17. The number of likely N-dealkylation sites (tertiary alicyclic amines) is 1. The third-order valence-corrected chi connectivity index (χ3v) is 10.4. The number of pyridine rings is 2. The largest absolute Gasteiger partial charge is 0.496 e. The van der Waals surface area contributed by atoms with E-state index in [9.17, 15) is 14.7 Å². The summed E-state index contributed by atoms with van der Waals surface area (Å²) in [6, 6.07) is 17.8. The number of methoxy groups -OCH3 is 3. The molecule has 2 fully saturated rings. The molecule has 270 valence electrons. The van der Waals surface area contributed by atoms with Crippen molar-refractivity contribution in [3.8, 4) is 45.5 Å². The number of nitrogens with zero attached hydrogens (tertiary/aromatic N) is 4. The third-order valence-electron chi connectivity index (χ3n) is 9.99. The highest BCUT2D eigenvalue weighted by Crippen LogP contribution is 2.41. The number of carboxylic acids is 1. The minimum Gasteiger partial charge on any atom is -0.496 e. The molecule has 52 heavy (non-hydrogen) atoms. The zero-order valence-electron chi connectivity index (χ0n) is 29.5. The Morgan fingerprint density at radius 1 is 1.04 bits per heavy atom. The average Bonchev–Trinajstić information content (AvgIpc) is 3.77. The number of hydrogen-bond donors (Lipinski definition) is 3. The number of halogens is 1. The Kier molecular flexibility index (Phi) is 9.80. The van der Waals surface area contributed by atoms with E-state index < -0.39 is 11.4 Å². The maximum atomic E-state index is 11.6. The van der Waals surface area contributed by atoms with Crippen molar-refractivity contribution in [2.75, 3.05) is 41.0 Å². The van der Waals surface area contributed by atoms with Gasteiger partial charge in [0.15, 0.2) is 0 Å². The summed E-state index contributed by atoms with van der Waals surface area (Å²) in [5.74, 6) is 1.12. The monoisotopic (exact) mass is 724 g/mol. The fourth-order valence-electron chi connectivity index (χ4n) is 7.25. The van der Waals surface area contributed by atoms with Crippen LogP contribution in [0.4, 0.5) is 0 Å². The molecule has 0 radical (unpaired) electrons. The summed E-state index contributed by atoms with van der Waals surface area (Å²) in [5, 5.41) is 17.4. The van der Waals surface area contributed by atoms with Gasteiger partial charge in [-0.1, -0.05) is 35.9 Å². The SMILES string of the molecule is COc1cc(-n2ccc3c(-c4cccc(-c5ccc(CN6CC(C)(C(=O)O)C6)c(OC)n5)c4Cl)ccnc32)cc(OC)c1CNC[C@@H]1CCC(=O)N1. The highest BCUT2D eigenvalue weighted by Gasteiger charge is 2.45. The van der Waals surface area contributed by atoms with Crippen LogP contribution in [0.5, 0.6) is 17.4 Å². The van der Waals surface area contributed by atoms with E-state index in [4.69, 9.17) is 35.8 Å². The standard InChI is InChI=1S/C39H41ClN6O6/c1-39(38(48)49)21-45(22-39)20-23-8-10-31(44-37(23)52-4)29-7-5-6-27(35(29)40)26-12-14-42-36-28(26)13-15-46(36)25-16-32(50-2)30(33(17-25)51-3)19-41-18-24-9-11-34(47)43-24/h5-8,10,12-17,24,41H,9,11,18-22H2,1-4H3,(H,43,47)(H,48,49)/t24-/m0/s1. The number of carbonyl (C=O) groups is 2. The van der Waals surface area contributed by atoms with Gasteiger partial charge in [-0.05, 0) is 37.1 Å². The normalized spacial score (nSPS) is 16.8. The van der Waals surface area contributed by atoms with E-state index >= 15 is 0 Å². The molecule has 2 aliphatic rings. The zero-order chi connectivity index (χ0) is 36.6. The van der Waals surface area contributed by atoms with Gasteiger partial charge in [-0.2, -0.15) is 0 Å². The molecule has 3 aromatic heterocycles. The number of aliphatic carboxylic acids is 1. The lowest BCUT2D eigenvalue weighted by Gasteiger charge is -2.45. The predicted molar refractivity (Wildman–Crippen MR) is 198 cm³/mol. The van der Waals surface area contributed by atoms with E-state index in [-0.39, 0.29) is 11.9 Å². The lowest BCUT2D eigenvalue weighted by atomic mass is 9.82. The van der Waals surface area contributed by atoms with Gasteiger partial charge in [-0.25, -0.2) is 9.97 Å². The Bertz CT molecular complexity index is 2140. The molecule has 1 atom stereocenters. The molecule has 0 saturated carbocycles. The van der Waals surface area contributed by atoms with Gasteiger partial charge in [0.05, 0.1) is 48.7 Å². The molecule has 7 rings (SSSR count). The number of fused-ring (bicyclic) bond motifs is 1. The van der Waals surface area contributed by atoms with E-state index in [2.05, 4.69) is 15.5 Å². The molecule has 0 aliphatic carbocycles. The molecule has 0 unspecified atom stereocenters. The van der Waals surface area contributed by atoms with Gasteiger partial charge in [0, 0.05) is 91.8 Å². The number of carboxylic acid groups (broad SMARTS) is 1. The van der Waals surface area contributed by atoms with Gasteiger partial charge < -0.3 is 34.5 Å². The first-order valence-corrected chi connectivity index (χ1v) is 17.5. The van der Waals surface area contributed by atoms with Crippen LogP contribution < -0.4 is 24.8 Å². The quantitative estimate of drug-likeness (QED) is 0.138. The van der Waals surface area contributed by atoms with Crippen molar-refractivity contribution < 1.29 is 28.9 Å². The molecule has 2 saturated heterocycles. The average molecular weight is 725 g/mol. The Morgan fingerprint density at radius 3 is 2.46 bits per heavy atom. The van der Waals surface area contributed by atoms with Crippen LogP contribution in [-0.2, 0) is 22.7 Å². The Balaban J connectivity index is 1.16. The summed E-state index contributed by atoms with van der Waals surface area (Å²) in [6.07, 6.45) is 5.12. The molecule has 2 aliphatic heterocycles. The van der Waals surface area contributed by atoms with Crippen molar-refractivity contribution in [3.63, 3.8) is 0 Å². The van der Waals surface area contributed by atoms with Gasteiger partial charge in [-0.15, -0.1) is 0 Å². The van der Waals surface area contributed by atoms with Crippen molar-refractivity contribution >= 4 is 34.5 Å². The molecule has 1 amide bonds. The van der Waals surface area contributed by atoms with E-state index in [0.717, 1.165) is 51.0 Å². The van der Waals surface area contributed by atoms with Crippen LogP contribution in [0.3, 0.4) is 0 Å². The minimum absolute atomic E-state index is 0.0906. The van der Waals surface area contributed by atoms with Crippen LogP contribution in [0.15, 0.2) is 67.0 Å². The summed E-state index contributed by atoms with van der Waals surface area (Å²) < 4.78 is 19.3. The van der Waals surface area contributed by atoms with Gasteiger partial charge in [0.25, 0.3) is 0 Å². The molecular weight excluding hydrogens is 684 g/mol. The second-order valence-electron chi connectivity index (χ2n) is 13.6. The van der Waals surface area contributed by atoms with Crippen LogP contribution in [0.1, 0.15) is 30.9 Å². The number of ether oxygens (including phenoxy) is 3. The maximum absolute atomic E-state index is 11.6. The first-order chi connectivity index (χ1) is 25.1. The second-order valence-corrected chi connectivity index (χ2v) is 14.0. The first kappa shape index (κ1) is 35.2. The smallest absolute Gasteiger partial charge is 0.311 e. The Labute approximate surface area is 306 Å². The van der Waals surface area contributed by atoms with E-state index in [1.807, 2.05) is 65.4 Å². The number of nitrogens with one attached hydrogen (secondary N) is 2. The van der Waals surface area contributed by atoms with Crippen LogP contribution in [0.25, 0.3) is 39.1 Å². The summed E-state index contributed by atoms with van der Waals surface area (Å²) in [5.41, 5.74) is 5.75. The van der Waals surface area contributed by atoms with Crippen molar-refractivity contribution in [2.45, 2.75) is 38.9 Å². The van der Waals surface area contributed by atoms with E-state index in [0.29, 0.717) is 67.2 Å². The minimum atomic E-state index is -0.783. The van der Waals surface area contributed by atoms with Gasteiger partial charge in [0.2, 0.25) is 11.8 Å². The fourth-order valence-corrected chi connectivity index (χ4v) is 7.57. The number of hydrogen-bond acceptors (Lipinski definition) is 9.